The van der Waals surface area contributed by atoms with Crippen LogP contribution in [0.4, 0.5) is 5.69 Å². The highest BCUT2D eigenvalue weighted by atomic mass is 16.1. The molecule has 1 aliphatic rings. The van der Waals surface area contributed by atoms with Crippen molar-refractivity contribution in [3.05, 3.63) is 83.7 Å². The van der Waals surface area contributed by atoms with Gasteiger partial charge in [0.15, 0.2) is 0 Å². The van der Waals surface area contributed by atoms with Crippen LogP contribution in [0.3, 0.4) is 0 Å². The van der Waals surface area contributed by atoms with Crippen LogP contribution in [0, 0.1) is 0 Å². The highest BCUT2D eigenvalue weighted by Gasteiger charge is 2.18. The zero-order valence-electron chi connectivity index (χ0n) is 13.3. The third kappa shape index (κ3) is 2.93. The first kappa shape index (κ1) is 14.6. The quantitative estimate of drug-likeness (QED) is 0.786. The van der Waals surface area contributed by atoms with E-state index in [9.17, 15) is 4.79 Å². The Hall–Kier alpha value is -2.94. The largest absolute Gasteiger partial charge is 0.326 e. The highest BCUT2D eigenvalue weighted by molar-refractivity contribution is 5.94. The fourth-order valence-electron chi connectivity index (χ4n) is 3.23. The Balaban J connectivity index is 1.82. The fourth-order valence-corrected chi connectivity index (χ4v) is 3.23. The van der Waals surface area contributed by atoms with Crippen LogP contribution in [-0.4, -0.2) is 10.9 Å². The van der Waals surface area contributed by atoms with Gasteiger partial charge in [0.1, 0.15) is 0 Å². The molecule has 2 heterocycles. The van der Waals surface area contributed by atoms with Crippen molar-refractivity contribution >= 4 is 11.6 Å². The van der Waals surface area contributed by atoms with Gasteiger partial charge in [0.05, 0.1) is 0 Å². The minimum atomic E-state index is 0.0993. The van der Waals surface area contributed by atoms with Crippen molar-refractivity contribution in [1.29, 1.82) is 0 Å². The second-order valence-electron chi connectivity index (χ2n) is 6.12. The second kappa shape index (κ2) is 6.28. The third-order valence-electron chi connectivity index (χ3n) is 4.43. The van der Waals surface area contributed by atoms with Crippen molar-refractivity contribution in [3.63, 3.8) is 0 Å². The molecule has 4 rings (SSSR count). The maximum atomic E-state index is 11.7. The molecule has 0 saturated heterocycles. The molecule has 2 aromatic carbocycles. The van der Waals surface area contributed by atoms with E-state index in [1.54, 1.807) is 6.20 Å². The lowest BCUT2D eigenvalue weighted by atomic mass is 9.90. The second-order valence-corrected chi connectivity index (χ2v) is 6.12. The molecule has 3 aromatic rings. The van der Waals surface area contributed by atoms with E-state index < -0.39 is 0 Å². The van der Waals surface area contributed by atoms with Crippen LogP contribution >= 0.6 is 0 Å². The first-order valence-corrected chi connectivity index (χ1v) is 8.19. The van der Waals surface area contributed by atoms with Gasteiger partial charge in [-0.25, -0.2) is 0 Å². The maximum Gasteiger partial charge on any atom is 0.224 e. The van der Waals surface area contributed by atoms with Crippen LogP contribution in [0.1, 0.15) is 23.1 Å². The molecule has 1 amide bonds. The molecular formula is C21H18N2O. The van der Waals surface area contributed by atoms with Gasteiger partial charge in [-0.05, 0) is 53.3 Å². The van der Waals surface area contributed by atoms with Crippen LogP contribution < -0.4 is 5.32 Å². The van der Waals surface area contributed by atoms with E-state index >= 15 is 0 Å². The SMILES string of the molecule is O=C1CCc2cc(-c3cccnc3)c(Cc3ccccc3)cc2N1. The van der Waals surface area contributed by atoms with E-state index in [1.165, 1.54) is 22.3 Å². The van der Waals surface area contributed by atoms with Crippen LogP contribution in [0.25, 0.3) is 11.1 Å². The monoisotopic (exact) mass is 314 g/mol. The average molecular weight is 314 g/mol. The van der Waals surface area contributed by atoms with E-state index in [0.29, 0.717) is 6.42 Å². The summed E-state index contributed by atoms with van der Waals surface area (Å²) in [6, 6.07) is 18.8. The predicted molar refractivity (Wildman–Crippen MR) is 95.9 cm³/mol. The minimum Gasteiger partial charge on any atom is -0.326 e. The first-order valence-electron chi connectivity index (χ1n) is 8.19. The number of anilines is 1. The lowest BCUT2D eigenvalue weighted by Crippen LogP contribution is -2.19. The van der Waals surface area contributed by atoms with Crippen LogP contribution in [-0.2, 0) is 17.6 Å². The van der Waals surface area contributed by atoms with E-state index in [4.69, 9.17) is 0 Å². The molecule has 1 N–H and O–H groups in total. The lowest BCUT2D eigenvalue weighted by molar-refractivity contribution is -0.116. The number of aromatic nitrogens is 1. The van der Waals surface area contributed by atoms with Gasteiger partial charge in [-0.15, -0.1) is 0 Å². The number of aryl methyl sites for hydroxylation is 1. The molecule has 118 valence electrons. The number of nitrogens with zero attached hydrogens (tertiary/aromatic N) is 1. The molecule has 3 heteroatoms. The number of pyridine rings is 1. The number of hydrogen-bond acceptors (Lipinski definition) is 2. The van der Waals surface area contributed by atoms with E-state index in [0.717, 1.165) is 24.1 Å². The number of amides is 1. The topological polar surface area (TPSA) is 42.0 Å². The van der Waals surface area contributed by atoms with Gasteiger partial charge in [-0.3, -0.25) is 9.78 Å². The molecule has 1 aromatic heterocycles. The number of carbonyl (C=O) groups is 1. The van der Waals surface area contributed by atoms with Crippen LogP contribution in [0.2, 0.25) is 0 Å². The van der Waals surface area contributed by atoms with Gasteiger partial charge in [0, 0.05) is 30.1 Å². The zero-order chi connectivity index (χ0) is 16.4. The Morgan fingerprint density at radius 1 is 1.00 bits per heavy atom. The molecular weight excluding hydrogens is 296 g/mol. The number of benzene rings is 2. The average Bonchev–Trinajstić information content (AvgIpc) is 2.63. The normalized spacial score (nSPS) is 13.2. The molecule has 24 heavy (non-hydrogen) atoms. The number of fused-ring (bicyclic) bond motifs is 1. The molecule has 0 bridgehead atoms. The Morgan fingerprint density at radius 3 is 2.67 bits per heavy atom. The van der Waals surface area contributed by atoms with Gasteiger partial charge >= 0.3 is 0 Å². The number of hydrogen-bond donors (Lipinski definition) is 1. The lowest BCUT2D eigenvalue weighted by Gasteiger charge is -2.21. The summed E-state index contributed by atoms with van der Waals surface area (Å²) >= 11 is 0. The van der Waals surface area contributed by atoms with E-state index in [-0.39, 0.29) is 5.91 Å². The molecule has 1 aliphatic heterocycles. The van der Waals surface area contributed by atoms with Crippen molar-refractivity contribution in [2.75, 3.05) is 5.32 Å². The highest BCUT2D eigenvalue weighted by Crippen LogP contribution is 2.33. The zero-order valence-corrected chi connectivity index (χ0v) is 13.3. The summed E-state index contributed by atoms with van der Waals surface area (Å²) in [5, 5.41) is 3.01. The Labute approximate surface area is 141 Å². The minimum absolute atomic E-state index is 0.0993. The van der Waals surface area contributed by atoms with Crippen molar-refractivity contribution in [1.82, 2.24) is 4.98 Å². The van der Waals surface area contributed by atoms with Crippen molar-refractivity contribution < 1.29 is 4.79 Å². The predicted octanol–water partition coefficient (Wildman–Crippen LogP) is 4.22. The Morgan fingerprint density at radius 2 is 1.88 bits per heavy atom. The number of carbonyl (C=O) groups excluding carboxylic acids is 1. The van der Waals surface area contributed by atoms with E-state index in [1.807, 2.05) is 18.3 Å². The molecule has 0 fully saturated rings. The van der Waals surface area contributed by atoms with Crippen molar-refractivity contribution in [2.24, 2.45) is 0 Å². The van der Waals surface area contributed by atoms with Crippen LogP contribution in [0.15, 0.2) is 67.0 Å². The summed E-state index contributed by atoms with van der Waals surface area (Å²) in [6.07, 6.45) is 5.86. The molecule has 0 aliphatic carbocycles. The first-order chi connectivity index (χ1) is 11.8. The summed E-state index contributed by atoms with van der Waals surface area (Å²) < 4.78 is 0. The Bertz CT molecular complexity index is 873. The van der Waals surface area contributed by atoms with Gasteiger partial charge in [0.25, 0.3) is 0 Å². The number of rotatable bonds is 3. The van der Waals surface area contributed by atoms with E-state index in [2.05, 4.69) is 52.8 Å². The van der Waals surface area contributed by atoms with Gasteiger partial charge < -0.3 is 5.32 Å². The third-order valence-corrected chi connectivity index (χ3v) is 4.43. The van der Waals surface area contributed by atoms with Gasteiger partial charge in [0.2, 0.25) is 5.91 Å². The molecule has 0 saturated carbocycles. The Kier molecular flexibility index (Phi) is 3.83. The van der Waals surface area contributed by atoms with Crippen LogP contribution in [0.5, 0.6) is 0 Å². The molecule has 3 nitrogen and oxygen atoms in total. The standard InChI is InChI=1S/C21H18N2O/c24-21-9-8-16-12-19(17-7-4-10-22-14-17)18(13-20(16)23-21)11-15-5-2-1-3-6-15/h1-7,10,12-14H,8-9,11H2,(H,23,24). The summed E-state index contributed by atoms with van der Waals surface area (Å²) in [5.74, 6) is 0.0993. The maximum absolute atomic E-state index is 11.7. The summed E-state index contributed by atoms with van der Waals surface area (Å²) in [7, 11) is 0. The smallest absolute Gasteiger partial charge is 0.224 e. The fraction of sp³-hybridized carbons (Fsp3) is 0.143. The molecule has 0 atom stereocenters. The molecule has 0 spiro atoms. The summed E-state index contributed by atoms with van der Waals surface area (Å²) in [4.78, 5) is 16.0. The van der Waals surface area contributed by atoms with Gasteiger partial charge in [-0.2, -0.15) is 0 Å². The number of nitrogens with one attached hydrogen (secondary N) is 1. The van der Waals surface area contributed by atoms with Crippen molar-refractivity contribution in [2.45, 2.75) is 19.3 Å². The summed E-state index contributed by atoms with van der Waals surface area (Å²) in [6.45, 7) is 0. The van der Waals surface area contributed by atoms with Gasteiger partial charge in [-0.1, -0.05) is 36.4 Å². The molecule has 0 radical (unpaired) electrons. The summed E-state index contributed by atoms with van der Waals surface area (Å²) in [5.41, 5.74) is 6.92. The van der Waals surface area contributed by atoms with Crippen molar-refractivity contribution in [3.8, 4) is 11.1 Å². The molecule has 0 unspecified atom stereocenters.